The maximum Gasteiger partial charge on any atom is 0.307 e. The molecule has 2 rings (SSSR count). The van der Waals surface area contributed by atoms with E-state index in [0.717, 1.165) is 16.1 Å². The zero-order valence-electron chi connectivity index (χ0n) is 9.65. The lowest BCUT2D eigenvalue weighted by Crippen LogP contribution is -2.31. The van der Waals surface area contributed by atoms with Crippen molar-refractivity contribution in [3.8, 4) is 0 Å². The predicted octanol–water partition coefficient (Wildman–Crippen LogP) is 1.97. The van der Waals surface area contributed by atoms with Gasteiger partial charge in [-0.1, -0.05) is 6.07 Å². The molecule has 1 N–H and O–H groups in total. The highest BCUT2D eigenvalue weighted by Gasteiger charge is 2.29. The maximum atomic E-state index is 11.8. The number of ether oxygens (including phenoxy) is 1. The molecular weight excluding hydrogens is 238 g/mol. The first-order valence-electron chi connectivity index (χ1n) is 5.25. The number of carbonyl (C=O) groups excluding carboxylic acids is 2. The van der Waals surface area contributed by atoms with E-state index in [1.54, 1.807) is 0 Å². The van der Waals surface area contributed by atoms with Crippen LogP contribution in [0.15, 0.2) is 23.1 Å². The molecule has 0 fully saturated rings. The van der Waals surface area contributed by atoms with Crippen molar-refractivity contribution in [2.75, 3.05) is 12.4 Å². The molecule has 0 aromatic heterocycles. The number of fused-ring (bicyclic) bond motifs is 1. The van der Waals surface area contributed by atoms with Crippen LogP contribution in [0.2, 0.25) is 0 Å². The van der Waals surface area contributed by atoms with Crippen LogP contribution >= 0.6 is 11.8 Å². The molecular formula is C12H13NO3S. The predicted molar refractivity (Wildman–Crippen MR) is 66.1 cm³/mol. The number of hydrogen-bond donors (Lipinski definition) is 1. The molecule has 1 heterocycles. The second-order valence-electron chi connectivity index (χ2n) is 3.88. The third-order valence-electron chi connectivity index (χ3n) is 2.53. The first-order valence-corrected chi connectivity index (χ1v) is 6.13. The van der Waals surface area contributed by atoms with Crippen LogP contribution in [0.25, 0.3) is 0 Å². The fourth-order valence-corrected chi connectivity index (χ4v) is 2.71. The summed E-state index contributed by atoms with van der Waals surface area (Å²) in [5, 5.41) is 2.41. The molecule has 0 spiro atoms. The van der Waals surface area contributed by atoms with Gasteiger partial charge in [0.2, 0.25) is 5.91 Å². The summed E-state index contributed by atoms with van der Waals surface area (Å²) in [5.41, 5.74) is 1.91. The second kappa shape index (κ2) is 4.79. The highest BCUT2D eigenvalue weighted by atomic mass is 32.2. The van der Waals surface area contributed by atoms with Crippen LogP contribution in [0.4, 0.5) is 5.69 Å². The highest BCUT2D eigenvalue weighted by Crippen LogP contribution is 2.37. The number of aryl methyl sites for hydroxylation is 1. The minimum Gasteiger partial charge on any atom is -0.469 e. The van der Waals surface area contributed by atoms with Gasteiger partial charge >= 0.3 is 5.97 Å². The van der Waals surface area contributed by atoms with Gasteiger partial charge in [-0.3, -0.25) is 9.59 Å². The van der Waals surface area contributed by atoms with Gasteiger partial charge in [-0.2, -0.15) is 0 Å². The minimum atomic E-state index is -0.405. The van der Waals surface area contributed by atoms with Crippen molar-refractivity contribution in [1.29, 1.82) is 0 Å². The lowest BCUT2D eigenvalue weighted by Gasteiger charge is -2.23. The summed E-state index contributed by atoms with van der Waals surface area (Å²) in [6.07, 6.45) is 0.0975. The summed E-state index contributed by atoms with van der Waals surface area (Å²) >= 11 is 1.40. The molecule has 1 amide bonds. The lowest BCUT2D eigenvalue weighted by molar-refractivity contribution is -0.141. The number of benzene rings is 1. The average molecular weight is 251 g/mol. The van der Waals surface area contributed by atoms with Crippen molar-refractivity contribution in [3.63, 3.8) is 0 Å². The number of nitrogens with one attached hydrogen (secondary N) is 1. The number of hydrogen-bond acceptors (Lipinski definition) is 4. The zero-order chi connectivity index (χ0) is 12.4. The Kier molecular flexibility index (Phi) is 3.38. The molecule has 1 atom stereocenters. The van der Waals surface area contributed by atoms with Gasteiger partial charge in [0, 0.05) is 4.90 Å². The lowest BCUT2D eigenvalue weighted by atomic mass is 10.2. The molecule has 4 nitrogen and oxygen atoms in total. The van der Waals surface area contributed by atoms with Gasteiger partial charge in [0.1, 0.15) is 0 Å². The average Bonchev–Trinajstić information content (AvgIpc) is 2.30. The van der Waals surface area contributed by atoms with Crippen molar-refractivity contribution >= 4 is 29.3 Å². The molecule has 1 aliphatic rings. The van der Waals surface area contributed by atoms with E-state index in [2.05, 4.69) is 10.1 Å². The molecule has 0 saturated carbocycles. The first kappa shape index (κ1) is 12.0. The molecule has 1 aliphatic heterocycles. The number of anilines is 1. The smallest absolute Gasteiger partial charge is 0.307 e. The normalized spacial score (nSPS) is 18.2. The first-order chi connectivity index (χ1) is 8.10. The molecule has 0 unspecified atom stereocenters. The third kappa shape index (κ3) is 2.61. The fraction of sp³-hybridized carbons (Fsp3) is 0.333. The zero-order valence-corrected chi connectivity index (χ0v) is 10.5. The number of amides is 1. The van der Waals surface area contributed by atoms with E-state index in [-0.39, 0.29) is 18.3 Å². The Bertz CT molecular complexity index is 473. The maximum absolute atomic E-state index is 11.8. The summed E-state index contributed by atoms with van der Waals surface area (Å²) in [5.74, 6) is -0.508. The van der Waals surface area contributed by atoms with Gasteiger partial charge in [-0.15, -0.1) is 11.8 Å². The van der Waals surface area contributed by atoms with E-state index in [9.17, 15) is 9.59 Å². The Morgan fingerprint density at radius 3 is 3.00 bits per heavy atom. The van der Waals surface area contributed by atoms with Gasteiger partial charge in [0.15, 0.2) is 0 Å². The number of rotatable bonds is 2. The van der Waals surface area contributed by atoms with Crippen molar-refractivity contribution in [3.05, 3.63) is 23.8 Å². The molecule has 0 saturated heterocycles. The van der Waals surface area contributed by atoms with Crippen LogP contribution in [0.1, 0.15) is 12.0 Å². The van der Waals surface area contributed by atoms with Crippen LogP contribution < -0.4 is 5.32 Å². The SMILES string of the molecule is COC(=O)C[C@H]1Sc2ccc(C)cc2NC1=O. The Labute approximate surface area is 104 Å². The molecule has 0 bridgehead atoms. The molecule has 0 aliphatic carbocycles. The highest BCUT2D eigenvalue weighted by molar-refractivity contribution is 8.01. The van der Waals surface area contributed by atoms with Crippen LogP contribution in [0.5, 0.6) is 0 Å². The second-order valence-corrected chi connectivity index (χ2v) is 5.12. The van der Waals surface area contributed by atoms with Gasteiger partial charge in [0.25, 0.3) is 0 Å². The molecule has 1 aromatic carbocycles. The number of thioether (sulfide) groups is 1. The standard InChI is InChI=1S/C12H13NO3S/c1-7-3-4-9-8(5-7)13-12(15)10(17-9)6-11(14)16-2/h3-5,10H,6H2,1-2H3,(H,13,15)/t10-/m1/s1. The largest absolute Gasteiger partial charge is 0.469 e. The van der Waals surface area contributed by atoms with E-state index in [1.165, 1.54) is 18.9 Å². The van der Waals surface area contributed by atoms with Gasteiger partial charge in [-0.05, 0) is 24.6 Å². The summed E-state index contributed by atoms with van der Waals surface area (Å²) in [7, 11) is 1.32. The third-order valence-corrected chi connectivity index (χ3v) is 3.81. The van der Waals surface area contributed by atoms with Crippen LogP contribution in [0, 0.1) is 6.92 Å². The Hall–Kier alpha value is -1.49. The Balaban J connectivity index is 2.18. The Morgan fingerprint density at radius 1 is 1.53 bits per heavy atom. The van der Waals surface area contributed by atoms with Crippen molar-refractivity contribution in [1.82, 2.24) is 0 Å². The van der Waals surface area contributed by atoms with Crippen molar-refractivity contribution in [2.45, 2.75) is 23.5 Å². The van der Waals surface area contributed by atoms with Crippen molar-refractivity contribution < 1.29 is 14.3 Å². The van der Waals surface area contributed by atoms with Gasteiger partial charge in [0.05, 0.1) is 24.5 Å². The van der Waals surface area contributed by atoms with E-state index in [1.807, 2.05) is 25.1 Å². The van der Waals surface area contributed by atoms with Crippen LogP contribution in [-0.4, -0.2) is 24.2 Å². The number of carbonyl (C=O) groups is 2. The molecule has 5 heteroatoms. The van der Waals surface area contributed by atoms with E-state index < -0.39 is 5.25 Å². The van der Waals surface area contributed by atoms with E-state index in [0.29, 0.717) is 0 Å². The van der Waals surface area contributed by atoms with Gasteiger partial charge in [-0.25, -0.2) is 0 Å². The van der Waals surface area contributed by atoms with E-state index in [4.69, 9.17) is 0 Å². The minimum absolute atomic E-state index is 0.0975. The summed E-state index contributed by atoms with van der Waals surface area (Å²) in [6, 6.07) is 5.87. The summed E-state index contributed by atoms with van der Waals surface area (Å²) in [4.78, 5) is 23.9. The monoisotopic (exact) mass is 251 g/mol. The van der Waals surface area contributed by atoms with Crippen LogP contribution in [-0.2, 0) is 14.3 Å². The summed E-state index contributed by atoms with van der Waals surface area (Å²) < 4.78 is 4.58. The molecule has 17 heavy (non-hydrogen) atoms. The molecule has 0 radical (unpaired) electrons. The molecule has 90 valence electrons. The number of esters is 1. The topological polar surface area (TPSA) is 55.4 Å². The van der Waals surface area contributed by atoms with Gasteiger partial charge < -0.3 is 10.1 Å². The van der Waals surface area contributed by atoms with E-state index >= 15 is 0 Å². The molecule has 1 aromatic rings. The Morgan fingerprint density at radius 2 is 2.29 bits per heavy atom. The summed E-state index contributed by atoms with van der Waals surface area (Å²) in [6.45, 7) is 1.97. The number of methoxy groups -OCH3 is 1. The van der Waals surface area contributed by atoms with Crippen LogP contribution in [0.3, 0.4) is 0 Å². The quantitative estimate of drug-likeness (QED) is 0.816. The van der Waals surface area contributed by atoms with Crippen molar-refractivity contribution in [2.24, 2.45) is 0 Å². The fourth-order valence-electron chi connectivity index (χ4n) is 1.63.